The Hall–Kier alpha value is -3.41. The third kappa shape index (κ3) is 5.02. The molecule has 1 atom stereocenters. The maximum atomic E-state index is 12.7. The Morgan fingerprint density at radius 2 is 1.77 bits per heavy atom. The van der Waals surface area contributed by atoms with Crippen molar-refractivity contribution in [1.29, 1.82) is 0 Å². The predicted molar refractivity (Wildman–Crippen MR) is 124 cm³/mol. The Bertz CT molecular complexity index is 1060. The van der Waals surface area contributed by atoms with Crippen LogP contribution < -0.4 is 15.5 Å². The van der Waals surface area contributed by atoms with Crippen molar-refractivity contribution in [3.8, 4) is 0 Å². The molecule has 31 heavy (non-hydrogen) atoms. The second kappa shape index (κ2) is 9.60. The van der Waals surface area contributed by atoms with Gasteiger partial charge in [0, 0.05) is 60.0 Å². The number of nitrogens with one attached hydrogen (secondary N) is 2. The Morgan fingerprint density at radius 3 is 2.55 bits per heavy atom. The van der Waals surface area contributed by atoms with Gasteiger partial charge in [-0.25, -0.2) is 0 Å². The van der Waals surface area contributed by atoms with Gasteiger partial charge >= 0.3 is 0 Å². The normalized spacial score (nSPS) is 14.8. The highest BCUT2D eigenvalue weighted by atomic mass is 16.2. The molecular formula is C25H28N4O2. The van der Waals surface area contributed by atoms with E-state index in [1.54, 1.807) is 24.5 Å². The lowest BCUT2D eigenvalue weighted by molar-refractivity contribution is -0.116. The monoisotopic (exact) mass is 416 g/mol. The molecule has 160 valence electrons. The fourth-order valence-corrected chi connectivity index (χ4v) is 4.12. The number of benzene rings is 2. The van der Waals surface area contributed by atoms with Crippen LogP contribution in [0.25, 0.3) is 10.8 Å². The Morgan fingerprint density at radius 1 is 1.00 bits per heavy atom. The van der Waals surface area contributed by atoms with E-state index < -0.39 is 0 Å². The lowest BCUT2D eigenvalue weighted by atomic mass is 10.0. The molecule has 2 aromatic carbocycles. The fourth-order valence-electron chi connectivity index (χ4n) is 4.12. The minimum Gasteiger partial charge on any atom is -0.371 e. The summed E-state index contributed by atoms with van der Waals surface area (Å²) < 4.78 is 0. The molecule has 0 saturated carbocycles. The number of anilines is 2. The van der Waals surface area contributed by atoms with Gasteiger partial charge in [-0.2, -0.15) is 0 Å². The van der Waals surface area contributed by atoms with E-state index in [9.17, 15) is 9.59 Å². The van der Waals surface area contributed by atoms with Crippen molar-refractivity contribution >= 4 is 34.0 Å². The third-order valence-corrected chi connectivity index (χ3v) is 5.67. The summed E-state index contributed by atoms with van der Waals surface area (Å²) in [5.41, 5.74) is 2.52. The van der Waals surface area contributed by atoms with Crippen molar-refractivity contribution in [3.63, 3.8) is 0 Å². The second-order valence-corrected chi connectivity index (χ2v) is 8.09. The number of aromatic nitrogens is 1. The largest absolute Gasteiger partial charge is 0.371 e. The molecule has 4 rings (SSSR count). The molecule has 1 saturated heterocycles. The van der Waals surface area contributed by atoms with Crippen LogP contribution in [0.15, 0.2) is 60.9 Å². The molecule has 0 aliphatic carbocycles. The van der Waals surface area contributed by atoms with Crippen LogP contribution in [0, 0.1) is 0 Å². The number of rotatable bonds is 6. The Kier molecular flexibility index (Phi) is 6.46. The minimum absolute atomic E-state index is 0.142. The summed E-state index contributed by atoms with van der Waals surface area (Å²) in [6.45, 7) is 3.95. The first-order chi connectivity index (χ1) is 15.1. The summed E-state index contributed by atoms with van der Waals surface area (Å²) >= 11 is 0. The van der Waals surface area contributed by atoms with E-state index in [0.717, 1.165) is 29.5 Å². The molecule has 1 unspecified atom stereocenters. The molecule has 1 aliphatic heterocycles. The quantitative estimate of drug-likeness (QED) is 0.626. The van der Waals surface area contributed by atoms with E-state index in [1.165, 1.54) is 24.9 Å². The van der Waals surface area contributed by atoms with Crippen LogP contribution in [-0.2, 0) is 4.79 Å². The Labute approximate surface area is 182 Å². The molecule has 1 aromatic heterocycles. The molecule has 1 aliphatic rings. The van der Waals surface area contributed by atoms with Crippen molar-refractivity contribution in [2.75, 3.05) is 23.3 Å². The molecule has 2 amide bonds. The molecule has 0 spiro atoms. The number of piperidine rings is 1. The third-order valence-electron chi connectivity index (χ3n) is 5.67. The van der Waals surface area contributed by atoms with E-state index in [1.807, 2.05) is 37.3 Å². The molecule has 6 nitrogen and oxygen atoms in total. The van der Waals surface area contributed by atoms with Crippen LogP contribution in [0.4, 0.5) is 11.4 Å². The average molecular weight is 417 g/mol. The molecule has 0 radical (unpaired) electrons. The van der Waals surface area contributed by atoms with Crippen LogP contribution in [0.1, 0.15) is 43.0 Å². The highest BCUT2D eigenvalue weighted by Crippen LogP contribution is 2.33. The van der Waals surface area contributed by atoms with Crippen molar-refractivity contribution in [2.24, 2.45) is 0 Å². The van der Waals surface area contributed by atoms with Crippen molar-refractivity contribution < 1.29 is 9.59 Å². The van der Waals surface area contributed by atoms with Crippen LogP contribution in [0.2, 0.25) is 0 Å². The molecule has 2 N–H and O–H groups in total. The molecule has 3 aromatic rings. The van der Waals surface area contributed by atoms with E-state index in [4.69, 9.17) is 0 Å². The van der Waals surface area contributed by atoms with Gasteiger partial charge in [0.15, 0.2) is 0 Å². The molecule has 0 bridgehead atoms. The zero-order chi connectivity index (χ0) is 21.6. The number of nitrogens with zero attached hydrogens (tertiary/aromatic N) is 2. The SMILES string of the molecule is CC(CC(=O)Nc1ccc(N2CCCCC2)c2ccncc12)NC(=O)c1ccccc1. The van der Waals surface area contributed by atoms with E-state index in [0.29, 0.717) is 5.56 Å². The standard InChI is InChI=1S/C25H28N4O2/c1-18(27-25(31)19-8-4-2-5-9-19)16-24(30)28-22-10-11-23(29-14-6-3-7-15-29)20-12-13-26-17-21(20)22/h2,4-5,8-13,17-18H,3,6-7,14-16H2,1H3,(H,27,31)(H,28,30). The second-order valence-electron chi connectivity index (χ2n) is 8.09. The van der Waals surface area contributed by atoms with Crippen LogP contribution in [0.3, 0.4) is 0 Å². The van der Waals surface area contributed by atoms with E-state index in [-0.39, 0.29) is 24.3 Å². The number of amides is 2. The number of hydrogen-bond donors (Lipinski definition) is 2. The summed E-state index contributed by atoms with van der Waals surface area (Å²) in [4.78, 5) is 31.7. The number of hydrogen-bond acceptors (Lipinski definition) is 4. The number of fused-ring (bicyclic) bond motifs is 1. The number of carbonyl (C=O) groups is 2. The van der Waals surface area contributed by atoms with Crippen LogP contribution in [-0.4, -0.2) is 35.9 Å². The minimum atomic E-state index is -0.287. The van der Waals surface area contributed by atoms with Gasteiger partial charge in [-0.1, -0.05) is 18.2 Å². The van der Waals surface area contributed by atoms with Gasteiger partial charge in [0.25, 0.3) is 5.91 Å². The zero-order valence-corrected chi connectivity index (χ0v) is 17.8. The van der Waals surface area contributed by atoms with Crippen LogP contribution >= 0.6 is 0 Å². The first-order valence-corrected chi connectivity index (χ1v) is 10.9. The van der Waals surface area contributed by atoms with Crippen molar-refractivity contribution in [3.05, 3.63) is 66.5 Å². The summed E-state index contributed by atoms with van der Waals surface area (Å²) in [6, 6.07) is 14.8. The highest BCUT2D eigenvalue weighted by Gasteiger charge is 2.17. The lowest BCUT2D eigenvalue weighted by Crippen LogP contribution is -2.35. The van der Waals surface area contributed by atoms with E-state index >= 15 is 0 Å². The summed E-state index contributed by atoms with van der Waals surface area (Å²) in [5, 5.41) is 7.92. The van der Waals surface area contributed by atoms with Crippen molar-refractivity contribution in [1.82, 2.24) is 10.3 Å². The maximum absolute atomic E-state index is 12.7. The number of carbonyl (C=O) groups excluding carboxylic acids is 2. The Balaban J connectivity index is 1.44. The van der Waals surface area contributed by atoms with E-state index in [2.05, 4.69) is 26.6 Å². The van der Waals surface area contributed by atoms with Gasteiger partial charge in [-0.15, -0.1) is 0 Å². The number of pyridine rings is 1. The van der Waals surface area contributed by atoms with Gasteiger partial charge in [0.05, 0.1) is 5.69 Å². The average Bonchev–Trinajstić information content (AvgIpc) is 2.80. The van der Waals surface area contributed by atoms with Gasteiger partial charge in [0.1, 0.15) is 0 Å². The van der Waals surface area contributed by atoms with Gasteiger partial charge < -0.3 is 15.5 Å². The molecular weight excluding hydrogens is 388 g/mol. The fraction of sp³-hybridized carbons (Fsp3) is 0.320. The highest BCUT2D eigenvalue weighted by molar-refractivity contribution is 6.06. The van der Waals surface area contributed by atoms with Gasteiger partial charge in [-0.05, 0) is 56.5 Å². The van der Waals surface area contributed by atoms with Gasteiger partial charge in [0.2, 0.25) is 5.91 Å². The first-order valence-electron chi connectivity index (χ1n) is 10.9. The van der Waals surface area contributed by atoms with Crippen molar-refractivity contribution in [2.45, 2.75) is 38.6 Å². The molecule has 1 fully saturated rings. The smallest absolute Gasteiger partial charge is 0.251 e. The lowest BCUT2D eigenvalue weighted by Gasteiger charge is -2.30. The zero-order valence-electron chi connectivity index (χ0n) is 17.8. The maximum Gasteiger partial charge on any atom is 0.251 e. The van der Waals surface area contributed by atoms with Crippen LogP contribution in [0.5, 0.6) is 0 Å². The summed E-state index contributed by atoms with van der Waals surface area (Å²) in [7, 11) is 0. The summed E-state index contributed by atoms with van der Waals surface area (Å²) in [6.07, 6.45) is 7.48. The topological polar surface area (TPSA) is 74.3 Å². The summed E-state index contributed by atoms with van der Waals surface area (Å²) in [5.74, 6) is -0.321. The predicted octanol–water partition coefficient (Wildman–Crippen LogP) is 4.37. The first kappa shape index (κ1) is 20.8. The van der Waals surface area contributed by atoms with Gasteiger partial charge in [-0.3, -0.25) is 14.6 Å². The molecule has 2 heterocycles. The molecule has 6 heteroatoms.